The SMILES string of the molecule is CCCOc1ccc(/C(O)=C2/C(=O)C(=O)N(c3ccc(C(C)C)cc3)C2c2ccccn2)cc1C. The van der Waals surface area contributed by atoms with Gasteiger partial charge in [0.15, 0.2) is 0 Å². The predicted octanol–water partition coefficient (Wildman–Crippen LogP) is 5.93. The average Bonchev–Trinajstić information content (AvgIpc) is 3.13. The van der Waals surface area contributed by atoms with Crippen LogP contribution in [0.5, 0.6) is 5.75 Å². The van der Waals surface area contributed by atoms with Crippen molar-refractivity contribution in [2.75, 3.05) is 11.5 Å². The molecule has 1 unspecified atom stereocenters. The second kappa shape index (κ2) is 10.1. The van der Waals surface area contributed by atoms with Gasteiger partial charge in [0.25, 0.3) is 11.7 Å². The summed E-state index contributed by atoms with van der Waals surface area (Å²) in [5.41, 5.74) is 3.49. The summed E-state index contributed by atoms with van der Waals surface area (Å²) in [6, 6.07) is 17.3. The molecule has 4 rings (SSSR count). The van der Waals surface area contributed by atoms with E-state index in [-0.39, 0.29) is 11.3 Å². The van der Waals surface area contributed by atoms with Crippen LogP contribution in [0.25, 0.3) is 5.76 Å². The van der Waals surface area contributed by atoms with Gasteiger partial charge in [-0.15, -0.1) is 0 Å². The molecule has 1 N–H and O–H groups in total. The number of carbonyl (C=O) groups is 2. The van der Waals surface area contributed by atoms with Crippen LogP contribution < -0.4 is 9.64 Å². The number of ketones is 1. The van der Waals surface area contributed by atoms with Crippen molar-refractivity contribution in [3.63, 3.8) is 0 Å². The fourth-order valence-electron chi connectivity index (χ4n) is 4.26. The molecule has 0 spiro atoms. The summed E-state index contributed by atoms with van der Waals surface area (Å²) in [5, 5.41) is 11.3. The molecule has 1 aliphatic rings. The van der Waals surface area contributed by atoms with Crippen molar-refractivity contribution in [1.82, 2.24) is 4.98 Å². The smallest absolute Gasteiger partial charge is 0.300 e. The normalized spacial score (nSPS) is 17.3. The molecule has 1 aromatic heterocycles. The van der Waals surface area contributed by atoms with Gasteiger partial charge in [-0.2, -0.15) is 0 Å². The number of aryl methyl sites for hydroxylation is 1. The molecule has 0 bridgehead atoms. The van der Waals surface area contributed by atoms with Crippen molar-refractivity contribution in [2.45, 2.75) is 46.1 Å². The number of hydrogen-bond acceptors (Lipinski definition) is 5. The third-order valence-electron chi connectivity index (χ3n) is 6.16. The van der Waals surface area contributed by atoms with E-state index in [4.69, 9.17) is 4.74 Å². The first-order chi connectivity index (χ1) is 16.8. The molecule has 2 heterocycles. The van der Waals surface area contributed by atoms with Gasteiger partial charge >= 0.3 is 0 Å². The van der Waals surface area contributed by atoms with E-state index in [1.54, 1.807) is 42.6 Å². The summed E-state index contributed by atoms with van der Waals surface area (Å²) in [5.74, 6) is -0.617. The number of aliphatic hydroxyl groups excluding tert-OH is 1. The Labute approximate surface area is 205 Å². The zero-order chi connectivity index (χ0) is 25.1. The molecule has 1 amide bonds. The Hall–Kier alpha value is -3.93. The lowest BCUT2D eigenvalue weighted by molar-refractivity contribution is -0.132. The first-order valence-electron chi connectivity index (χ1n) is 11.9. The Kier molecular flexibility index (Phi) is 7.01. The minimum Gasteiger partial charge on any atom is -0.507 e. The Morgan fingerprint density at radius 3 is 2.43 bits per heavy atom. The Bertz CT molecular complexity index is 1260. The molecule has 1 aliphatic heterocycles. The predicted molar refractivity (Wildman–Crippen MR) is 137 cm³/mol. The first-order valence-corrected chi connectivity index (χ1v) is 11.9. The van der Waals surface area contributed by atoms with Gasteiger partial charge in [-0.05, 0) is 72.9 Å². The lowest BCUT2D eigenvalue weighted by atomic mass is 9.97. The number of rotatable bonds is 7. The summed E-state index contributed by atoms with van der Waals surface area (Å²) in [6.07, 6.45) is 2.49. The van der Waals surface area contributed by atoms with Crippen LogP contribution in [0.3, 0.4) is 0 Å². The molecule has 0 aliphatic carbocycles. The molecule has 1 atom stereocenters. The number of aromatic nitrogens is 1. The molecule has 3 aromatic rings. The van der Waals surface area contributed by atoms with Gasteiger partial charge in [0, 0.05) is 17.4 Å². The van der Waals surface area contributed by atoms with E-state index in [0.717, 1.165) is 23.3 Å². The van der Waals surface area contributed by atoms with E-state index in [0.29, 0.717) is 29.5 Å². The van der Waals surface area contributed by atoms with Crippen molar-refractivity contribution in [2.24, 2.45) is 0 Å². The maximum atomic E-state index is 13.3. The van der Waals surface area contributed by atoms with E-state index in [1.807, 2.05) is 38.1 Å². The van der Waals surface area contributed by atoms with Crippen LogP contribution >= 0.6 is 0 Å². The standard InChI is InChI=1S/C29H30N2O4/c1-5-16-35-24-14-11-21(17-19(24)4)27(32)25-26(23-8-6-7-15-30-23)31(29(34)28(25)33)22-12-9-20(10-13-22)18(2)3/h6-15,17-18,26,32H,5,16H2,1-4H3/b27-25-. The number of pyridine rings is 1. The van der Waals surface area contributed by atoms with Gasteiger partial charge in [0.2, 0.25) is 0 Å². The molecule has 180 valence electrons. The molecule has 1 saturated heterocycles. The van der Waals surface area contributed by atoms with Crippen LogP contribution in [0.4, 0.5) is 5.69 Å². The molecule has 6 heteroatoms. The van der Waals surface area contributed by atoms with Crippen molar-refractivity contribution in [1.29, 1.82) is 0 Å². The zero-order valence-electron chi connectivity index (χ0n) is 20.5. The minimum atomic E-state index is -0.850. The molecular weight excluding hydrogens is 440 g/mol. The number of nitrogens with zero attached hydrogens (tertiary/aromatic N) is 2. The summed E-state index contributed by atoms with van der Waals surface area (Å²) in [4.78, 5) is 32.4. The first kappa shape index (κ1) is 24.2. The maximum Gasteiger partial charge on any atom is 0.300 e. The van der Waals surface area contributed by atoms with Crippen LogP contribution in [0.1, 0.15) is 61.5 Å². The second-order valence-electron chi connectivity index (χ2n) is 9.00. The average molecular weight is 471 g/mol. The highest BCUT2D eigenvalue weighted by Gasteiger charge is 2.47. The maximum absolute atomic E-state index is 13.3. The van der Waals surface area contributed by atoms with Gasteiger partial charge in [0.1, 0.15) is 17.6 Å². The third kappa shape index (κ3) is 4.69. The largest absolute Gasteiger partial charge is 0.507 e. The fourth-order valence-corrected chi connectivity index (χ4v) is 4.26. The van der Waals surface area contributed by atoms with Crippen molar-refractivity contribution < 1.29 is 19.4 Å². The van der Waals surface area contributed by atoms with Crippen LogP contribution in [0.15, 0.2) is 72.4 Å². The Morgan fingerprint density at radius 2 is 1.83 bits per heavy atom. The molecule has 0 radical (unpaired) electrons. The summed E-state index contributed by atoms with van der Waals surface area (Å²) >= 11 is 0. The highest BCUT2D eigenvalue weighted by atomic mass is 16.5. The summed E-state index contributed by atoms with van der Waals surface area (Å²) < 4.78 is 5.74. The number of benzene rings is 2. The number of carbonyl (C=O) groups excluding carboxylic acids is 2. The number of aliphatic hydroxyl groups is 1. The van der Waals surface area contributed by atoms with Crippen molar-refractivity contribution in [3.05, 3.63) is 94.8 Å². The molecular formula is C29H30N2O4. The number of hydrogen-bond donors (Lipinski definition) is 1. The third-order valence-corrected chi connectivity index (χ3v) is 6.16. The van der Waals surface area contributed by atoms with Crippen LogP contribution in [-0.4, -0.2) is 28.4 Å². The van der Waals surface area contributed by atoms with Crippen LogP contribution in [0, 0.1) is 6.92 Å². The summed E-state index contributed by atoms with van der Waals surface area (Å²) in [7, 11) is 0. The van der Waals surface area contributed by atoms with E-state index in [1.165, 1.54) is 4.90 Å². The van der Waals surface area contributed by atoms with Crippen LogP contribution in [0.2, 0.25) is 0 Å². The number of ether oxygens (including phenoxy) is 1. The second-order valence-corrected chi connectivity index (χ2v) is 9.00. The van der Waals surface area contributed by atoms with E-state index < -0.39 is 17.7 Å². The lowest BCUT2D eigenvalue weighted by Gasteiger charge is -2.25. The van der Waals surface area contributed by atoms with E-state index >= 15 is 0 Å². The molecule has 1 fully saturated rings. The van der Waals surface area contributed by atoms with Gasteiger partial charge < -0.3 is 9.84 Å². The molecule has 2 aromatic carbocycles. The minimum absolute atomic E-state index is 0.0169. The van der Waals surface area contributed by atoms with Crippen LogP contribution in [-0.2, 0) is 9.59 Å². The molecule has 0 saturated carbocycles. The van der Waals surface area contributed by atoms with Gasteiger partial charge in [0.05, 0.1) is 17.9 Å². The van der Waals surface area contributed by atoms with E-state index in [9.17, 15) is 14.7 Å². The van der Waals surface area contributed by atoms with Crippen molar-refractivity contribution in [3.8, 4) is 5.75 Å². The zero-order valence-corrected chi connectivity index (χ0v) is 20.5. The number of anilines is 1. The Morgan fingerprint density at radius 1 is 1.09 bits per heavy atom. The number of Topliss-reactive ketones (excluding diaryl/α,β-unsaturated/α-hetero) is 1. The lowest BCUT2D eigenvalue weighted by Crippen LogP contribution is -2.29. The Balaban J connectivity index is 1.84. The quantitative estimate of drug-likeness (QED) is 0.263. The van der Waals surface area contributed by atoms with Gasteiger partial charge in [-0.3, -0.25) is 19.5 Å². The summed E-state index contributed by atoms with van der Waals surface area (Å²) in [6.45, 7) is 8.69. The molecule has 6 nitrogen and oxygen atoms in total. The number of amides is 1. The highest BCUT2D eigenvalue weighted by molar-refractivity contribution is 6.51. The molecule has 35 heavy (non-hydrogen) atoms. The van der Waals surface area contributed by atoms with Crippen molar-refractivity contribution >= 4 is 23.1 Å². The van der Waals surface area contributed by atoms with Gasteiger partial charge in [-0.25, -0.2) is 0 Å². The highest BCUT2D eigenvalue weighted by Crippen LogP contribution is 2.42. The fraction of sp³-hybridized carbons (Fsp3) is 0.276. The van der Waals surface area contributed by atoms with Gasteiger partial charge in [-0.1, -0.05) is 39.0 Å². The monoisotopic (exact) mass is 470 g/mol. The van der Waals surface area contributed by atoms with E-state index in [2.05, 4.69) is 18.8 Å². The topological polar surface area (TPSA) is 79.7 Å².